The first-order chi connectivity index (χ1) is 12.3. The molecule has 0 aliphatic carbocycles. The Kier molecular flexibility index (Phi) is 4.92. The van der Waals surface area contributed by atoms with Gasteiger partial charge in [-0.3, -0.25) is 0 Å². The summed E-state index contributed by atoms with van der Waals surface area (Å²) < 4.78 is 2.08. The molecule has 2 N–H and O–H groups in total. The summed E-state index contributed by atoms with van der Waals surface area (Å²) in [6.45, 7) is 7.69. The zero-order valence-corrected chi connectivity index (χ0v) is 15.1. The Bertz CT molecular complexity index is 687. The lowest BCUT2D eigenvalue weighted by Gasteiger charge is -2.36. The first kappa shape index (κ1) is 16.5. The number of aromatic nitrogens is 2. The molecule has 0 saturated carbocycles. The number of nitrogens with zero attached hydrogens (tertiary/aromatic N) is 3. The average molecular weight is 339 g/mol. The molecule has 0 spiro atoms. The molecule has 3 heterocycles. The van der Waals surface area contributed by atoms with E-state index in [1.165, 1.54) is 24.1 Å². The van der Waals surface area contributed by atoms with Crippen molar-refractivity contribution < 1.29 is 0 Å². The van der Waals surface area contributed by atoms with Crippen LogP contribution in [0, 0.1) is 5.92 Å². The Labute approximate surface area is 150 Å². The molecule has 1 aromatic heterocycles. The van der Waals surface area contributed by atoms with Gasteiger partial charge in [0, 0.05) is 56.4 Å². The molecule has 1 saturated heterocycles. The number of hydrogen-bond donors (Lipinski definition) is 2. The maximum atomic E-state index is 4.38. The quantitative estimate of drug-likeness (QED) is 0.879. The Morgan fingerprint density at radius 1 is 1.20 bits per heavy atom. The van der Waals surface area contributed by atoms with E-state index >= 15 is 0 Å². The van der Waals surface area contributed by atoms with Gasteiger partial charge in [-0.25, -0.2) is 4.68 Å². The van der Waals surface area contributed by atoms with E-state index in [2.05, 4.69) is 56.5 Å². The maximum Gasteiger partial charge on any atom is 0.124 e. The zero-order valence-electron chi connectivity index (χ0n) is 15.1. The first-order valence-electron chi connectivity index (χ1n) is 9.65. The van der Waals surface area contributed by atoms with Crippen molar-refractivity contribution in [1.82, 2.24) is 15.1 Å². The Balaban J connectivity index is 1.25. The fourth-order valence-electron chi connectivity index (χ4n) is 4.10. The summed E-state index contributed by atoms with van der Waals surface area (Å²) in [5, 5.41) is 11.7. The number of fused-ring (bicyclic) bond motifs is 1. The lowest BCUT2D eigenvalue weighted by molar-refractivity contribution is 0.342. The topological polar surface area (TPSA) is 45.1 Å². The molecule has 134 valence electrons. The number of nitrogens with one attached hydrogen (secondary N) is 2. The van der Waals surface area contributed by atoms with Crippen molar-refractivity contribution >= 4 is 11.5 Å². The third-order valence-corrected chi connectivity index (χ3v) is 5.62. The average Bonchev–Trinajstić information content (AvgIpc) is 3.14. The summed E-state index contributed by atoms with van der Waals surface area (Å²) in [5.74, 6) is 1.77. The maximum absolute atomic E-state index is 4.38. The van der Waals surface area contributed by atoms with E-state index in [0.717, 1.165) is 45.0 Å². The van der Waals surface area contributed by atoms with Gasteiger partial charge in [0.1, 0.15) is 5.82 Å². The van der Waals surface area contributed by atoms with Crippen molar-refractivity contribution in [1.29, 1.82) is 0 Å². The minimum Gasteiger partial charge on any atom is -0.371 e. The van der Waals surface area contributed by atoms with E-state index in [0.29, 0.717) is 12.0 Å². The summed E-state index contributed by atoms with van der Waals surface area (Å²) >= 11 is 0. The van der Waals surface area contributed by atoms with Gasteiger partial charge in [-0.05, 0) is 30.9 Å². The van der Waals surface area contributed by atoms with E-state index in [1.54, 1.807) is 0 Å². The van der Waals surface area contributed by atoms with Crippen molar-refractivity contribution in [2.24, 2.45) is 5.92 Å². The first-order valence-corrected chi connectivity index (χ1v) is 9.65. The molecule has 2 aliphatic heterocycles. The molecule has 4 rings (SSSR count). The highest BCUT2D eigenvalue weighted by Gasteiger charge is 2.23. The second-order valence-corrected chi connectivity index (χ2v) is 7.30. The molecular formula is C20H29N5. The molecule has 2 aliphatic rings. The van der Waals surface area contributed by atoms with Crippen LogP contribution in [0.15, 0.2) is 36.5 Å². The number of hydrogen-bond acceptors (Lipinski definition) is 4. The van der Waals surface area contributed by atoms with Gasteiger partial charge in [0.15, 0.2) is 0 Å². The summed E-state index contributed by atoms with van der Waals surface area (Å²) in [7, 11) is 0. The highest BCUT2D eigenvalue weighted by atomic mass is 15.3. The van der Waals surface area contributed by atoms with Crippen molar-refractivity contribution in [3.8, 4) is 0 Å². The SMILES string of the molecule is CCc1ccccc1N1CCC(NC[C@H]2CNc3ccnn3C2)CC1. The van der Waals surface area contributed by atoms with Gasteiger partial charge in [-0.15, -0.1) is 0 Å². The minimum absolute atomic E-state index is 0.617. The molecule has 0 bridgehead atoms. The number of anilines is 2. The van der Waals surface area contributed by atoms with Crippen LogP contribution >= 0.6 is 0 Å². The highest BCUT2D eigenvalue weighted by molar-refractivity contribution is 5.54. The fraction of sp³-hybridized carbons (Fsp3) is 0.550. The minimum atomic E-state index is 0.617. The van der Waals surface area contributed by atoms with Gasteiger partial charge in [0.2, 0.25) is 0 Å². The van der Waals surface area contributed by atoms with Crippen LogP contribution in [0.1, 0.15) is 25.3 Å². The predicted octanol–water partition coefficient (Wildman–Crippen LogP) is 2.75. The monoisotopic (exact) mass is 339 g/mol. The summed E-state index contributed by atoms with van der Waals surface area (Å²) in [5.41, 5.74) is 2.91. The summed E-state index contributed by atoms with van der Waals surface area (Å²) in [6, 6.07) is 11.6. The van der Waals surface area contributed by atoms with E-state index in [-0.39, 0.29) is 0 Å². The van der Waals surface area contributed by atoms with E-state index in [1.807, 2.05) is 12.3 Å². The van der Waals surface area contributed by atoms with Crippen LogP contribution in [0.3, 0.4) is 0 Å². The number of rotatable bonds is 5. The van der Waals surface area contributed by atoms with Crippen LogP contribution in [0.4, 0.5) is 11.5 Å². The van der Waals surface area contributed by atoms with Gasteiger partial charge in [0.05, 0.1) is 6.20 Å². The molecule has 0 amide bonds. The molecule has 0 radical (unpaired) electrons. The van der Waals surface area contributed by atoms with Gasteiger partial charge >= 0.3 is 0 Å². The number of benzene rings is 1. The molecule has 1 atom stereocenters. The Morgan fingerprint density at radius 2 is 2.04 bits per heavy atom. The molecule has 2 aromatic rings. The molecular weight excluding hydrogens is 310 g/mol. The van der Waals surface area contributed by atoms with Gasteiger partial charge in [-0.2, -0.15) is 5.10 Å². The number of aryl methyl sites for hydroxylation is 1. The van der Waals surface area contributed by atoms with E-state index in [9.17, 15) is 0 Å². The third-order valence-electron chi connectivity index (χ3n) is 5.62. The molecule has 1 aromatic carbocycles. The number of para-hydroxylation sites is 1. The molecule has 1 fully saturated rings. The lowest BCUT2D eigenvalue weighted by Crippen LogP contribution is -2.45. The lowest BCUT2D eigenvalue weighted by atomic mass is 10.0. The normalized spacial score (nSPS) is 21.0. The van der Waals surface area contributed by atoms with Crippen molar-refractivity contribution in [2.45, 2.75) is 38.8 Å². The molecule has 5 nitrogen and oxygen atoms in total. The summed E-state index contributed by atoms with van der Waals surface area (Å²) in [6.07, 6.45) is 5.44. The second kappa shape index (κ2) is 7.48. The van der Waals surface area contributed by atoms with Gasteiger partial charge < -0.3 is 15.5 Å². The molecule has 0 unspecified atom stereocenters. The van der Waals surface area contributed by atoms with Gasteiger partial charge in [0.25, 0.3) is 0 Å². The van der Waals surface area contributed by atoms with Crippen LogP contribution in [0.2, 0.25) is 0 Å². The van der Waals surface area contributed by atoms with E-state index < -0.39 is 0 Å². The van der Waals surface area contributed by atoms with E-state index in [4.69, 9.17) is 0 Å². The van der Waals surface area contributed by atoms with Crippen LogP contribution in [0.5, 0.6) is 0 Å². The van der Waals surface area contributed by atoms with Crippen molar-refractivity contribution in [3.63, 3.8) is 0 Å². The number of piperidine rings is 1. The molecule has 25 heavy (non-hydrogen) atoms. The van der Waals surface area contributed by atoms with Crippen LogP contribution in [-0.2, 0) is 13.0 Å². The zero-order chi connectivity index (χ0) is 17.1. The van der Waals surface area contributed by atoms with Gasteiger partial charge in [-0.1, -0.05) is 25.1 Å². The third kappa shape index (κ3) is 3.66. The van der Waals surface area contributed by atoms with Crippen molar-refractivity contribution in [2.75, 3.05) is 36.4 Å². The van der Waals surface area contributed by atoms with Crippen LogP contribution < -0.4 is 15.5 Å². The fourth-order valence-corrected chi connectivity index (χ4v) is 4.10. The van der Waals surface area contributed by atoms with Crippen LogP contribution in [-0.4, -0.2) is 42.0 Å². The van der Waals surface area contributed by atoms with Crippen LogP contribution in [0.25, 0.3) is 0 Å². The Morgan fingerprint density at radius 3 is 2.88 bits per heavy atom. The second-order valence-electron chi connectivity index (χ2n) is 7.30. The largest absolute Gasteiger partial charge is 0.371 e. The summed E-state index contributed by atoms with van der Waals surface area (Å²) in [4.78, 5) is 2.56. The highest BCUT2D eigenvalue weighted by Crippen LogP contribution is 2.25. The standard InChI is InChI=1S/C20H29N5/c1-2-17-5-3-4-6-19(17)24-11-8-18(9-12-24)21-13-16-14-22-20-7-10-23-25(20)15-16/h3-7,10,16,18,21-22H,2,8-9,11-15H2,1H3/t16-/m0/s1. The smallest absolute Gasteiger partial charge is 0.124 e. The predicted molar refractivity (Wildman–Crippen MR) is 103 cm³/mol. The molecule has 5 heteroatoms. The van der Waals surface area contributed by atoms with Crippen molar-refractivity contribution in [3.05, 3.63) is 42.1 Å². The Hall–Kier alpha value is -2.01.